The van der Waals surface area contributed by atoms with E-state index in [1.54, 1.807) is 6.07 Å². The second-order valence-electron chi connectivity index (χ2n) is 2.78. The number of ether oxygens (including phenoxy) is 2. The topological polar surface area (TPSA) is 81.5 Å². The lowest BCUT2D eigenvalue weighted by atomic mass is 10.2. The molecule has 82 valence electrons. The van der Waals surface area contributed by atoms with E-state index in [2.05, 4.69) is 9.97 Å². The summed E-state index contributed by atoms with van der Waals surface area (Å²) in [6, 6.07) is 1.76. The lowest BCUT2D eigenvalue weighted by Gasteiger charge is -2.04. The van der Waals surface area contributed by atoms with Crippen LogP contribution in [0.25, 0.3) is 0 Å². The maximum Gasteiger partial charge on any atom is 0.319 e. The molecule has 0 amide bonds. The van der Waals surface area contributed by atoms with Crippen molar-refractivity contribution in [1.82, 2.24) is 9.97 Å². The highest BCUT2D eigenvalue weighted by Crippen LogP contribution is 2.14. The molecule has 0 aromatic carbocycles. The summed E-state index contributed by atoms with van der Waals surface area (Å²) in [4.78, 5) is 18.3. The first-order valence-corrected chi connectivity index (χ1v) is 4.33. The van der Waals surface area contributed by atoms with E-state index in [1.165, 1.54) is 14.2 Å². The molecular weight excluding hydrogens is 200 g/mol. The average Bonchev–Trinajstić information content (AvgIpc) is 2.25. The van der Waals surface area contributed by atoms with Gasteiger partial charge in [-0.2, -0.15) is 4.98 Å². The molecule has 0 aliphatic heterocycles. The molecule has 0 spiro atoms. The summed E-state index contributed by atoms with van der Waals surface area (Å²) >= 11 is 0. The van der Waals surface area contributed by atoms with E-state index in [1.807, 2.05) is 0 Å². The molecule has 1 rings (SSSR count). The monoisotopic (exact) mass is 212 g/mol. The van der Waals surface area contributed by atoms with E-state index in [0.29, 0.717) is 18.0 Å². The molecule has 0 fully saturated rings. The molecular formula is C9H12N2O4. The minimum absolute atomic E-state index is 0.0172. The van der Waals surface area contributed by atoms with Crippen LogP contribution >= 0.6 is 0 Å². The van der Waals surface area contributed by atoms with Gasteiger partial charge in [0.25, 0.3) is 0 Å². The zero-order valence-corrected chi connectivity index (χ0v) is 8.56. The second-order valence-corrected chi connectivity index (χ2v) is 2.78. The number of hydrogen-bond acceptors (Lipinski definition) is 5. The first-order chi connectivity index (χ1) is 7.15. The van der Waals surface area contributed by atoms with Crippen molar-refractivity contribution in [2.75, 3.05) is 14.2 Å². The van der Waals surface area contributed by atoms with Crippen LogP contribution in [-0.4, -0.2) is 35.3 Å². The number of methoxy groups -OCH3 is 2. The highest BCUT2D eigenvalue weighted by molar-refractivity contribution is 5.66. The van der Waals surface area contributed by atoms with E-state index < -0.39 is 5.97 Å². The normalized spacial score (nSPS) is 9.73. The Kier molecular flexibility index (Phi) is 3.84. The van der Waals surface area contributed by atoms with Gasteiger partial charge in [0.15, 0.2) is 0 Å². The van der Waals surface area contributed by atoms with Crippen LogP contribution in [0.3, 0.4) is 0 Å². The Balaban J connectivity index is 2.81. The number of aromatic nitrogens is 2. The molecule has 0 saturated carbocycles. The third-order valence-electron chi connectivity index (χ3n) is 1.72. The predicted molar refractivity (Wildman–Crippen MR) is 51.1 cm³/mol. The van der Waals surface area contributed by atoms with Crippen molar-refractivity contribution in [3.63, 3.8) is 0 Å². The van der Waals surface area contributed by atoms with Crippen molar-refractivity contribution in [3.05, 3.63) is 11.8 Å². The number of hydrogen-bond donors (Lipinski definition) is 1. The molecule has 0 aliphatic carbocycles. The summed E-state index contributed by atoms with van der Waals surface area (Å²) in [5.41, 5.74) is 0.584. The molecule has 15 heavy (non-hydrogen) atoms. The molecule has 1 aromatic heterocycles. The third kappa shape index (κ3) is 3.41. The summed E-state index contributed by atoms with van der Waals surface area (Å²) in [6.07, 6.45) is 0.341. The van der Waals surface area contributed by atoms with Gasteiger partial charge >= 0.3 is 12.0 Å². The van der Waals surface area contributed by atoms with Crippen molar-refractivity contribution in [1.29, 1.82) is 0 Å². The smallest absolute Gasteiger partial charge is 0.319 e. The fraction of sp³-hybridized carbons (Fsp3) is 0.444. The van der Waals surface area contributed by atoms with Crippen LogP contribution in [0.2, 0.25) is 0 Å². The van der Waals surface area contributed by atoms with Crippen LogP contribution in [-0.2, 0) is 11.2 Å². The lowest BCUT2D eigenvalue weighted by molar-refractivity contribution is -0.136. The van der Waals surface area contributed by atoms with Gasteiger partial charge in [-0.05, 0) is 0 Å². The number of aryl methyl sites for hydroxylation is 1. The summed E-state index contributed by atoms with van der Waals surface area (Å²) in [7, 11) is 2.92. The van der Waals surface area contributed by atoms with E-state index in [-0.39, 0.29) is 12.4 Å². The predicted octanol–water partition coefficient (Wildman–Crippen LogP) is 0.511. The van der Waals surface area contributed by atoms with Crippen molar-refractivity contribution in [2.24, 2.45) is 0 Å². The average molecular weight is 212 g/mol. The van der Waals surface area contributed by atoms with Crippen molar-refractivity contribution < 1.29 is 19.4 Å². The molecule has 1 heterocycles. The van der Waals surface area contributed by atoms with Gasteiger partial charge < -0.3 is 14.6 Å². The molecule has 0 radical (unpaired) electrons. The van der Waals surface area contributed by atoms with E-state index in [4.69, 9.17) is 14.6 Å². The first kappa shape index (κ1) is 11.2. The number of carbonyl (C=O) groups is 1. The number of rotatable bonds is 5. The number of carboxylic acids is 1. The lowest BCUT2D eigenvalue weighted by Crippen LogP contribution is -2.03. The standard InChI is InChI=1S/C9H12N2O4/c1-14-7-5-6(3-4-8(12)13)10-9(11-7)15-2/h5H,3-4H2,1-2H3,(H,12,13). The van der Waals surface area contributed by atoms with Gasteiger partial charge in [-0.1, -0.05) is 0 Å². The Bertz CT molecular complexity index is 332. The molecule has 1 N–H and O–H groups in total. The van der Waals surface area contributed by atoms with Gasteiger partial charge in [-0.15, -0.1) is 0 Å². The van der Waals surface area contributed by atoms with Crippen LogP contribution in [0, 0.1) is 0 Å². The molecule has 0 saturated heterocycles. The van der Waals surface area contributed by atoms with Gasteiger partial charge in [0.2, 0.25) is 5.88 Å². The molecule has 0 aliphatic rings. The highest BCUT2D eigenvalue weighted by atomic mass is 16.5. The van der Waals surface area contributed by atoms with Crippen LogP contribution in [0.5, 0.6) is 11.9 Å². The Morgan fingerprint density at radius 3 is 2.67 bits per heavy atom. The van der Waals surface area contributed by atoms with E-state index >= 15 is 0 Å². The number of aliphatic carboxylic acids is 1. The van der Waals surface area contributed by atoms with Gasteiger partial charge in [-0.3, -0.25) is 4.79 Å². The maximum atomic E-state index is 10.4. The largest absolute Gasteiger partial charge is 0.481 e. The quantitative estimate of drug-likeness (QED) is 0.765. The SMILES string of the molecule is COc1cc(CCC(=O)O)nc(OC)n1. The Hall–Kier alpha value is -1.85. The van der Waals surface area contributed by atoms with Gasteiger partial charge in [-0.25, -0.2) is 4.98 Å². The zero-order valence-electron chi connectivity index (χ0n) is 8.56. The molecule has 6 heteroatoms. The van der Waals surface area contributed by atoms with E-state index in [0.717, 1.165) is 0 Å². The summed E-state index contributed by atoms with van der Waals surface area (Å²) in [5.74, 6) is -0.506. The van der Waals surface area contributed by atoms with Crippen molar-refractivity contribution in [3.8, 4) is 11.9 Å². The van der Waals surface area contributed by atoms with E-state index in [9.17, 15) is 4.79 Å². The Labute approximate surface area is 86.9 Å². The third-order valence-corrected chi connectivity index (χ3v) is 1.72. The van der Waals surface area contributed by atoms with Crippen molar-refractivity contribution in [2.45, 2.75) is 12.8 Å². The fourth-order valence-corrected chi connectivity index (χ4v) is 1.01. The summed E-state index contributed by atoms with van der Waals surface area (Å²) in [5, 5.41) is 8.52. The number of carboxylic acid groups (broad SMARTS) is 1. The van der Waals surface area contributed by atoms with Crippen LogP contribution < -0.4 is 9.47 Å². The maximum absolute atomic E-state index is 10.4. The Morgan fingerprint density at radius 2 is 2.13 bits per heavy atom. The van der Waals surface area contributed by atoms with Gasteiger partial charge in [0.05, 0.1) is 26.3 Å². The highest BCUT2D eigenvalue weighted by Gasteiger charge is 2.06. The summed E-state index contributed by atoms with van der Waals surface area (Å²) < 4.78 is 9.78. The van der Waals surface area contributed by atoms with Gasteiger partial charge in [0.1, 0.15) is 0 Å². The Morgan fingerprint density at radius 1 is 1.40 bits per heavy atom. The summed E-state index contributed by atoms with van der Waals surface area (Å²) in [6.45, 7) is 0. The van der Waals surface area contributed by atoms with Crippen LogP contribution in [0.15, 0.2) is 6.07 Å². The fourth-order valence-electron chi connectivity index (χ4n) is 1.01. The van der Waals surface area contributed by atoms with Gasteiger partial charge in [0, 0.05) is 12.5 Å². The van der Waals surface area contributed by atoms with Crippen molar-refractivity contribution >= 4 is 5.97 Å². The van der Waals surface area contributed by atoms with Crippen LogP contribution in [0.4, 0.5) is 0 Å². The second kappa shape index (κ2) is 5.14. The first-order valence-electron chi connectivity index (χ1n) is 4.33. The molecule has 0 unspecified atom stereocenters. The molecule has 0 bridgehead atoms. The molecule has 6 nitrogen and oxygen atoms in total. The van der Waals surface area contributed by atoms with Crippen LogP contribution in [0.1, 0.15) is 12.1 Å². The minimum atomic E-state index is -0.869. The zero-order chi connectivity index (χ0) is 11.3. The molecule has 0 atom stereocenters. The molecule has 1 aromatic rings. The minimum Gasteiger partial charge on any atom is -0.481 e. The number of nitrogens with zero attached hydrogens (tertiary/aromatic N) is 2.